The maximum absolute atomic E-state index is 6.35. The second-order valence-electron chi connectivity index (χ2n) is 5.53. The minimum Gasteiger partial charge on any atom is -0.394 e. The number of ether oxygens (including phenoxy) is 1. The first-order valence-electron chi connectivity index (χ1n) is 6.32. The third-order valence-electron chi connectivity index (χ3n) is 2.72. The molecule has 1 fully saturated rings. The van der Waals surface area contributed by atoms with Gasteiger partial charge in [-0.05, 0) is 38.9 Å². The average Bonchev–Trinajstić information content (AvgIpc) is 2.14. The van der Waals surface area contributed by atoms with Crippen molar-refractivity contribution in [2.24, 2.45) is 0 Å². The number of hydrogen-bond acceptors (Lipinski definition) is 2. The normalized spacial score (nSPS) is 28.8. The van der Waals surface area contributed by atoms with Crippen molar-refractivity contribution in [3.05, 3.63) is 0 Å². The van der Waals surface area contributed by atoms with Gasteiger partial charge in [-0.15, -0.1) is 0 Å². The van der Waals surface area contributed by atoms with Gasteiger partial charge in [0.2, 0.25) is 0 Å². The van der Waals surface area contributed by atoms with Crippen LogP contribution in [-0.4, -0.2) is 29.9 Å². The van der Waals surface area contributed by atoms with Crippen LogP contribution in [0.4, 0.5) is 0 Å². The summed E-state index contributed by atoms with van der Waals surface area (Å²) in [6.07, 6.45) is 4.95. The van der Waals surface area contributed by atoms with E-state index >= 15 is 0 Å². The van der Waals surface area contributed by atoms with E-state index in [4.69, 9.17) is 9.16 Å². The zero-order valence-electron chi connectivity index (χ0n) is 10.8. The van der Waals surface area contributed by atoms with Gasteiger partial charge in [-0.2, -0.15) is 0 Å². The minimum atomic E-state index is -1.46. The fraction of sp³-hybridized carbons (Fsp3) is 1.00. The van der Waals surface area contributed by atoms with Crippen LogP contribution in [0.25, 0.3) is 0 Å². The second-order valence-corrected chi connectivity index (χ2v) is 12.2. The maximum Gasteiger partial charge on any atom is 0.187 e. The van der Waals surface area contributed by atoms with E-state index in [0.29, 0.717) is 0 Å². The molecule has 0 aromatic heterocycles. The predicted molar refractivity (Wildman–Crippen MR) is 70.6 cm³/mol. The molecule has 1 atom stereocenters. The molecular weight excluding hydrogens is 220 g/mol. The van der Waals surface area contributed by atoms with Crippen molar-refractivity contribution in [1.82, 2.24) is 0 Å². The van der Waals surface area contributed by atoms with E-state index in [0.717, 1.165) is 13.0 Å². The summed E-state index contributed by atoms with van der Waals surface area (Å²) in [5.74, 6) is 0. The summed E-state index contributed by atoms with van der Waals surface area (Å²) in [6.45, 7) is 9.99. The zero-order chi connectivity index (χ0) is 11.4. The maximum atomic E-state index is 6.35. The summed E-state index contributed by atoms with van der Waals surface area (Å²) < 4.78 is 12.4. The highest BCUT2D eigenvalue weighted by Gasteiger charge is 2.37. The summed E-state index contributed by atoms with van der Waals surface area (Å²) in [4.78, 5) is 0. The van der Waals surface area contributed by atoms with Crippen molar-refractivity contribution in [2.45, 2.75) is 63.7 Å². The highest BCUT2D eigenvalue weighted by Crippen LogP contribution is 2.29. The molecule has 90 valence electrons. The van der Waals surface area contributed by atoms with Crippen molar-refractivity contribution in [2.75, 3.05) is 6.61 Å². The Morgan fingerprint density at radius 3 is 2.53 bits per heavy atom. The SMILES string of the molecule is CCC[SiH2]C1(O[Si](C)(C)C)CCCCO1. The van der Waals surface area contributed by atoms with Crippen LogP contribution < -0.4 is 0 Å². The topological polar surface area (TPSA) is 18.5 Å². The van der Waals surface area contributed by atoms with Crippen LogP contribution in [-0.2, 0) is 9.16 Å². The van der Waals surface area contributed by atoms with Crippen LogP contribution in [0, 0.1) is 0 Å². The highest BCUT2D eigenvalue weighted by molar-refractivity contribution is 6.70. The van der Waals surface area contributed by atoms with Gasteiger partial charge in [-0.1, -0.05) is 19.4 Å². The fourth-order valence-electron chi connectivity index (χ4n) is 2.16. The molecule has 0 N–H and O–H groups in total. The molecule has 4 heteroatoms. The van der Waals surface area contributed by atoms with Crippen molar-refractivity contribution in [3.63, 3.8) is 0 Å². The molecular formula is C11H26O2Si2. The molecule has 0 aromatic rings. The molecule has 0 aliphatic carbocycles. The summed E-state index contributed by atoms with van der Waals surface area (Å²) in [6, 6.07) is 1.35. The molecule has 1 unspecified atom stereocenters. The molecule has 0 bridgehead atoms. The summed E-state index contributed by atoms with van der Waals surface area (Å²) in [5.41, 5.74) is -0.0846. The van der Waals surface area contributed by atoms with E-state index in [1.807, 2.05) is 0 Å². The van der Waals surface area contributed by atoms with Crippen molar-refractivity contribution >= 4 is 17.8 Å². The van der Waals surface area contributed by atoms with E-state index in [9.17, 15) is 0 Å². The van der Waals surface area contributed by atoms with Crippen molar-refractivity contribution in [1.29, 1.82) is 0 Å². The second kappa shape index (κ2) is 5.61. The standard InChI is InChI=1S/C11H26O2Si2/c1-5-10-14-11(13-15(2,3)4)8-6-7-9-12-11/h5-10,14H2,1-4H3. The van der Waals surface area contributed by atoms with Gasteiger partial charge >= 0.3 is 0 Å². The first-order chi connectivity index (χ1) is 6.97. The Kier molecular flexibility index (Phi) is 5.02. The summed E-state index contributed by atoms with van der Waals surface area (Å²) in [5, 5.41) is 0. The van der Waals surface area contributed by atoms with E-state index in [2.05, 4.69) is 26.6 Å². The molecule has 2 nitrogen and oxygen atoms in total. The molecule has 0 amide bonds. The quantitative estimate of drug-likeness (QED) is 0.695. The molecule has 1 aliphatic heterocycles. The van der Waals surface area contributed by atoms with Crippen LogP contribution in [0.1, 0.15) is 32.6 Å². The van der Waals surface area contributed by atoms with Crippen molar-refractivity contribution in [3.8, 4) is 0 Å². The van der Waals surface area contributed by atoms with Crippen LogP contribution in [0.3, 0.4) is 0 Å². The van der Waals surface area contributed by atoms with E-state index in [-0.39, 0.29) is 14.9 Å². The van der Waals surface area contributed by atoms with Gasteiger partial charge in [0.05, 0.1) is 9.52 Å². The third kappa shape index (κ3) is 4.80. The van der Waals surface area contributed by atoms with Gasteiger partial charge in [-0.3, -0.25) is 0 Å². The molecule has 1 heterocycles. The molecule has 1 aliphatic rings. The van der Waals surface area contributed by atoms with Gasteiger partial charge in [0, 0.05) is 6.61 Å². The van der Waals surface area contributed by atoms with Crippen LogP contribution in [0.5, 0.6) is 0 Å². The molecule has 0 radical (unpaired) electrons. The van der Waals surface area contributed by atoms with Gasteiger partial charge in [0.1, 0.15) is 5.41 Å². The lowest BCUT2D eigenvalue weighted by molar-refractivity contribution is -0.151. The Hall–Kier alpha value is 0.354. The smallest absolute Gasteiger partial charge is 0.187 e. The lowest BCUT2D eigenvalue weighted by Crippen LogP contribution is -2.51. The van der Waals surface area contributed by atoms with Gasteiger partial charge in [0.15, 0.2) is 8.32 Å². The molecule has 0 aromatic carbocycles. The van der Waals surface area contributed by atoms with Crippen LogP contribution in [0.15, 0.2) is 0 Å². The molecule has 15 heavy (non-hydrogen) atoms. The van der Waals surface area contributed by atoms with Crippen LogP contribution >= 0.6 is 0 Å². The lowest BCUT2D eigenvalue weighted by atomic mass is 10.2. The van der Waals surface area contributed by atoms with Gasteiger partial charge in [0.25, 0.3) is 0 Å². The third-order valence-corrected chi connectivity index (χ3v) is 6.52. The Labute approximate surface area is 97.7 Å². The predicted octanol–water partition coefficient (Wildman–Crippen LogP) is 2.69. The Morgan fingerprint density at radius 1 is 1.33 bits per heavy atom. The zero-order valence-corrected chi connectivity index (χ0v) is 13.2. The van der Waals surface area contributed by atoms with E-state index < -0.39 is 8.32 Å². The Morgan fingerprint density at radius 2 is 2.07 bits per heavy atom. The number of hydrogen-bond donors (Lipinski definition) is 0. The molecule has 0 saturated carbocycles. The fourth-order valence-corrected chi connectivity index (χ4v) is 6.82. The van der Waals surface area contributed by atoms with E-state index in [1.54, 1.807) is 0 Å². The largest absolute Gasteiger partial charge is 0.394 e. The van der Waals surface area contributed by atoms with E-state index in [1.165, 1.54) is 25.3 Å². The van der Waals surface area contributed by atoms with Crippen LogP contribution in [0.2, 0.25) is 25.7 Å². The van der Waals surface area contributed by atoms with Crippen molar-refractivity contribution < 1.29 is 9.16 Å². The van der Waals surface area contributed by atoms with Gasteiger partial charge < -0.3 is 9.16 Å². The Bertz CT molecular complexity index is 184. The molecule has 0 spiro atoms. The minimum absolute atomic E-state index is 0.0846. The summed E-state index contributed by atoms with van der Waals surface area (Å²) in [7, 11) is -1.69. The Balaban J connectivity index is 2.58. The molecule has 1 rings (SSSR count). The lowest BCUT2D eigenvalue weighted by Gasteiger charge is -2.42. The number of rotatable bonds is 5. The first kappa shape index (κ1) is 13.4. The molecule has 1 saturated heterocycles. The first-order valence-corrected chi connectivity index (χ1v) is 11.4. The monoisotopic (exact) mass is 246 g/mol. The van der Waals surface area contributed by atoms with Gasteiger partial charge in [-0.25, -0.2) is 0 Å². The average molecular weight is 246 g/mol. The summed E-state index contributed by atoms with van der Waals surface area (Å²) >= 11 is 0. The highest BCUT2D eigenvalue weighted by atomic mass is 28.4.